The zero-order valence-electron chi connectivity index (χ0n) is 10.3. The summed E-state index contributed by atoms with van der Waals surface area (Å²) in [5.41, 5.74) is 0.917. The topological polar surface area (TPSA) is 63.2 Å². The van der Waals surface area contributed by atoms with E-state index in [4.69, 9.17) is 0 Å². The normalized spacial score (nSPS) is 17.2. The second-order valence-corrected chi connectivity index (χ2v) is 5.18. The zero-order valence-corrected chi connectivity index (χ0v) is 11.1. The molecule has 1 N–H and O–H groups in total. The molecule has 3 rings (SSSR count). The molecule has 0 bridgehead atoms. The fourth-order valence-corrected chi connectivity index (χ4v) is 2.79. The van der Waals surface area contributed by atoms with Gasteiger partial charge in [-0.2, -0.15) is 0 Å². The molecule has 1 heterocycles. The third kappa shape index (κ3) is 2.02. The minimum absolute atomic E-state index is 0.0614. The molecular weight excluding hydrogens is 274 g/mol. The molecule has 5 heteroatoms. The summed E-state index contributed by atoms with van der Waals surface area (Å²) in [4.78, 5) is 34.4. The lowest BCUT2D eigenvalue weighted by Crippen LogP contribution is -2.13. The molecule has 0 atom stereocenters. The Kier molecular flexibility index (Phi) is 3.12. The fourth-order valence-electron chi connectivity index (χ4n) is 2.21. The smallest absolute Gasteiger partial charge is 0.291 e. The van der Waals surface area contributed by atoms with E-state index in [2.05, 4.69) is 5.32 Å². The number of hydrogen-bond donors (Lipinski definition) is 1. The number of benzene rings is 2. The summed E-state index contributed by atoms with van der Waals surface area (Å²) in [6, 6.07) is 13.1. The Balaban J connectivity index is 2.28. The average molecular weight is 283 g/mol. The SMILES string of the molecule is O=CC(=C1NC(=O)SC1=O)c1cccc2ccccc12. The summed E-state index contributed by atoms with van der Waals surface area (Å²) < 4.78 is 0. The number of thioether (sulfide) groups is 1. The summed E-state index contributed by atoms with van der Waals surface area (Å²) in [6.45, 7) is 0. The summed E-state index contributed by atoms with van der Waals surface area (Å²) in [7, 11) is 0. The van der Waals surface area contributed by atoms with Gasteiger partial charge >= 0.3 is 0 Å². The number of rotatable bonds is 2. The molecule has 1 aliphatic rings. The molecule has 0 aliphatic carbocycles. The van der Waals surface area contributed by atoms with Crippen LogP contribution in [-0.2, 0) is 9.59 Å². The maximum Gasteiger partial charge on any atom is 0.291 e. The second kappa shape index (κ2) is 4.94. The summed E-state index contributed by atoms with van der Waals surface area (Å²) in [6.07, 6.45) is 0.612. The molecule has 0 saturated carbocycles. The van der Waals surface area contributed by atoms with Crippen LogP contribution in [0.25, 0.3) is 16.3 Å². The Morgan fingerprint density at radius 3 is 2.50 bits per heavy atom. The van der Waals surface area contributed by atoms with Crippen molar-refractivity contribution >= 4 is 44.7 Å². The largest absolute Gasteiger partial charge is 0.312 e. The first-order valence-electron chi connectivity index (χ1n) is 5.91. The van der Waals surface area contributed by atoms with Gasteiger partial charge in [-0.1, -0.05) is 42.5 Å². The molecule has 1 amide bonds. The highest BCUT2D eigenvalue weighted by Gasteiger charge is 2.29. The number of amides is 1. The first-order valence-corrected chi connectivity index (χ1v) is 6.73. The van der Waals surface area contributed by atoms with Gasteiger partial charge in [0, 0.05) is 11.8 Å². The average Bonchev–Trinajstić information content (AvgIpc) is 2.79. The quantitative estimate of drug-likeness (QED) is 0.680. The molecular formula is C15H9NO3S. The van der Waals surface area contributed by atoms with Crippen LogP contribution in [0.1, 0.15) is 5.56 Å². The van der Waals surface area contributed by atoms with E-state index in [1.165, 1.54) is 0 Å². The van der Waals surface area contributed by atoms with Crippen LogP contribution in [0.4, 0.5) is 4.79 Å². The Morgan fingerprint density at radius 1 is 1.05 bits per heavy atom. The van der Waals surface area contributed by atoms with Gasteiger partial charge in [-0.3, -0.25) is 14.4 Å². The highest BCUT2D eigenvalue weighted by molar-refractivity contribution is 8.27. The van der Waals surface area contributed by atoms with E-state index >= 15 is 0 Å². The first-order chi connectivity index (χ1) is 9.70. The van der Waals surface area contributed by atoms with Crippen molar-refractivity contribution in [1.29, 1.82) is 0 Å². The molecule has 2 aromatic rings. The van der Waals surface area contributed by atoms with E-state index in [1.807, 2.05) is 36.4 Å². The lowest BCUT2D eigenvalue weighted by molar-refractivity contribution is -0.108. The fraction of sp³-hybridized carbons (Fsp3) is 0. The van der Waals surface area contributed by atoms with Gasteiger partial charge in [-0.05, 0) is 16.3 Å². The molecule has 1 aliphatic heterocycles. The van der Waals surface area contributed by atoms with Crippen molar-refractivity contribution in [3.05, 3.63) is 53.7 Å². The van der Waals surface area contributed by atoms with Crippen molar-refractivity contribution < 1.29 is 14.4 Å². The van der Waals surface area contributed by atoms with Gasteiger partial charge in [0.1, 0.15) is 5.70 Å². The predicted molar refractivity (Wildman–Crippen MR) is 78.1 cm³/mol. The van der Waals surface area contributed by atoms with Crippen molar-refractivity contribution in [3.63, 3.8) is 0 Å². The van der Waals surface area contributed by atoms with Gasteiger partial charge in [0.15, 0.2) is 6.29 Å². The van der Waals surface area contributed by atoms with Crippen LogP contribution in [0.5, 0.6) is 0 Å². The second-order valence-electron chi connectivity index (χ2n) is 4.24. The van der Waals surface area contributed by atoms with Crippen LogP contribution >= 0.6 is 11.8 Å². The summed E-state index contributed by atoms with van der Waals surface area (Å²) in [5, 5.41) is 3.39. The van der Waals surface area contributed by atoms with Crippen molar-refractivity contribution in [2.24, 2.45) is 0 Å². The third-order valence-corrected chi connectivity index (χ3v) is 3.76. The van der Waals surface area contributed by atoms with Crippen LogP contribution in [0, 0.1) is 0 Å². The number of nitrogens with one attached hydrogen (secondary N) is 1. The number of fused-ring (bicyclic) bond motifs is 1. The third-order valence-electron chi connectivity index (χ3n) is 3.08. The Bertz CT molecular complexity index is 774. The number of allylic oxidation sites excluding steroid dienone is 1. The van der Waals surface area contributed by atoms with E-state index in [-0.39, 0.29) is 11.3 Å². The van der Waals surface area contributed by atoms with Crippen LogP contribution < -0.4 is 5.32 Å². The van der Waals surface area contributed by atoms with E-state index in [1.54, 1.807) is 6.07 Å². The Labute approximate surface area is 118 Å². The highest BCUT2D eigenvalue weighted by atomic mass is 32.2. The van der Waals surface area contributed by atoms with Crippen LogP contribution in [0.2, 0.25) is 0 Å². The van der Waals surface area contributed by atoms with Gasteiger partial charge in [-0.15, -0.1) is 0 Å². The molecule has 1 saturated heterocycles. The van der Waals surface area contributed by atoms with E-state index in [9.17, 15) is 14.4 Å². The standard InChI is InChI=1S/C15H9NO3S/c17-8-12(13-14(18)20-15(19)16-13)11-7-3-5-9-4-1-2-6-10(9)11/h1-8H,(H,16,19). The molecule has 0 spiro atoms. The number of aldehydes is 1. The number of carbonyl (C=O) groups excluding carboxylic acids is 3. The summed E-state index contributed by atoms with van der Waals surface area (Å²) in [5.74, 6) is 0. The van der Waals surface area contributed by atoms with Crippen molar-refractivity contribution in [3.8, 4) is 0 Å². The van der Waals surface area contributed by atoms with Gasteiger partial charge in [0.2, 0.25) is 5.12 Å². The minimum Gasteiger partial charge on any atom is -0.312 e. The minimum atomic E-state index is -0.454. The van der Waals surface area contributed by atoms with Crippen LogP contribution in [-0.4, -0.2) is 16.6 Å². The van der Waals surface area contributed by atoms with Crippen molar-refractivity contribution in [2.75, 3.05) is 0 Å². The van der Waals surface area contributed by atoms with E-state index < -0.39 is 10.4 Å². The van der Waals surface area contributed by atoms with Crippen molar-refractivity contribution in [2.45, 2.75) is 0 Å². The van der Waals surface area contributed by atoms with Gasteiger partial charge in [0.25, 0.3) is 5.24 Å². The number of hydrogen-bond acceptors (Lipinski definition) is 4. The Morgan fingerprint density at radius 2 is 1.80 bits per heavy atom. The maximum absolute atomic E-state index is 11.8. The lowest BCUT2D eigenvalue weighted by Gasteiger charge is -2.08. The van der Waals surface area contributed by atoms with E-state index in [0.717, 1.165) is 10.8 Å². The molecule has 98 valence electrons. The molecule has 1 fully saturated rings. The molecule has 2 aromatic carbocycles. The lowest BCUT2D eigenvalue weighted by atomic mass is 9.98. The Hall–Kier alpha value is -2.40. The van der Waals surface area contributed by atoms with Crippen LogP contribution in [0.3, 0.4) is 0 Å². The molecule has 0 radical (unpaired) electrons. The summed E-state index contributed by atoms with van der Waals surface area (Å²) >= 11 is 0.567. The highest BCUT2D eigenvalue weighted by Crippen LogP contribution is 2.29. The molecule has 0 aromatic heterocycles. The van der Waals surface area contributed by atoms with Crippen molar-refractivity contribution in [1.82, 2.24) is 5.32 Å². The van der Waals surface area contributed by atoms with Gasteiger partial charge < -0.3 is 5.32 Å². The zero-order chi connectivity index (χ0) is 14.1. The predicted octanol–water partition coefficient (Wildman–Crippen LogP) is 2.73. The van der Waals surface area contributed by atoms with Gasteiger partial charge in [0.05, 0.1) is 5.57 Å². The molecule has 20 heavy (non-hydrogen) atoms. The maximum atomic E-state index is 11.8. The number of carbonyl (C=O) groups is 3. The first kappa shape index (κ1) is 12.6. The monoisotopic (exact) mass is 283 g/mol. The van der Waals surface area contributed by atoms with E-state index in [0.29, 0.717) is 23.6 Å². The molecule has 4 nitrogen and oxygen atoms in total. The van der Waals surface area contributed by atoms with Gasteiger partial charge in [-0.25, -0.2) is 0 Å². The van der Waals surface area contributed by atoms with Crippen LogP contribution in [0.15, 0.2) is 48.2 Å². The molecule has 0 unspecified atom stereocenters.